The zero-order chi connectivity index (χ0) is 31.0. The predicted molar refractivity (Wildman–Crippen MR) is 156 cm³/mol. The Morgan fingerprint density at radius 2 is 1.31 bits per heavy atom. The first-order valence-corrected chi connectivity index (χ1v) is 14.2. The Bertz CT molecular complexity index is 1560. The number of nitrogens with two attached hydrogens (primary N) is 1. The summed E-state index contributed by atoms with van der Waals surface area (Å²) in [4.78, 5) is 38.7. The lowest BCUT2D eigenvalue weighted by molar-refractivity contribution is -0.114. The minimum absolute atomic E-state index is 0.0121. The summed E-state index contributed by atoms with van der Waals surface area (Å²) < 4.78 is 33.5. The van der Waals surface area contributed by atoms with Gasteiger partial charge in [0.2, 0.25) is 5.91 Å². The SMILES string of the molecule is CC(=O)Nc1ccc(Nc2cc(S(=O)(=O)O)c(N)c3c2C(=O)c2ccccc2C3=O)cc1.OCCN(CCO)CCO. The molecule has 3 aromatic rings. The van der Waals surface area contributed by atoms with Crippen LogP contribution in [0.4, 0.5) is 22.7 Å². The van der Waals surface area contributed by atoms with Crippen LogP contribution in [0.5, 0.6) is 0 Å². The van der Waals surface area contributed by atoms with Gasteiger partial charge in [-0.15, -0.1) is 0 Å². The maximum atomic E-state index is 13.2. The van der Waals surface area contributed by atoms with Crippen molar-refractivity contribution in [3.8, 4) is 0 Å². The number of nitrogens with zero attached hydrogens (tertiary/aromatic N) is 1. The van der Waals surface area contributed by atoms with Crippen molar-refractivity contribution in [2.45, 2.75) is 11.8 Å². The fourth-order valence-corrected chi connectivity index (χ4v) is 5.01. The second-order valence-corrected chi connectivity index (χ2v) is 10.6. The number of hydrogen-bond acceptors (Lipinski definition) is 11. The van der Waals surface area contributed by atoms with Gasteiger partial charge in [0.05, 0.1) is 42.3 Å². The van der Waals surface area contributed by atoms with Gasteiger partial charge < -0.3 is 31.7 Å². The van der Waals surface area contributed by atoms with Gasteiger partial charge in [-0.1, -0.05) is 24.3 Å². The molecule has 1 aliphatic rings. The molecule has 0 unspecified atom stereocenters. The highest BCUT2D eigenvalue weighted by atomic mass is 32.2. The number of nitrogen functional groups attached to an aromatic ring is 1. The van der Waals surface area contributed by atoms with Gasteiger partial charge in [0, 0.05) is 49.1 Å². The molecular weight excluding hydrogens is 568 g/mol. The first-order valence-electron chi connectivity index (χ1n) is 12.7. The number of benzene rings is 3. The van der Waals surface area contributed by atoms with E-state index in [4.69, 9.17) is 21.1 Å². The van der Waals surface area contributed by atoms with E-state index in [1.54, 1.807) is 41.3 Å². The Morgan fingerprint density at radius 1 is 0.833 bits per heavy atom. The van der Waals surface area contributed by atoms with Crippen molar-refractivity contribution in [3.05, 3.63) is 76.9 Å². The number of carbonyl (C=O) groups is 3. The van der Waals surface area contributed by atoms with Crippen LogP contribution in [0.25, 0.3) is 0 Å². The largest absolute Gasteiger partial charge is 0.397 e. The van der Waals surface area contributed by atoms with Gasteiger partial charge in [-0.3, -0.25) is 23.8 Å². The Morgan fingerprint density at radius 3 is 1.76 bits per heavy atom. The second-order valence-electron chi connectivity index (χ2n) is 9.16. The average Bonchev–Trinajstić information content (AvgIpc) is 2.93. The molecule has 0 spiro atoms. The van der Waals surface area contributed by atoms with Crippen LogP contribution in [-0.4, -0.2) is 90.1 Å². The normalized spacial score (nSPS) is 12.2. The zero-order valence-corrected chi connectivity index (χ0v) is 23.5. The number of ketones is 2. The topological polar surface area (TPSA) is 220 Å². The molecule has 0 bridgehead atoms. The predicted octanol–water partition coefficient (Wildman–Crippen LogP) is 1.26. The molecule has 1 amide bonds. The van der Waals surface area contributed by atoms with Crippen molar-refractivity contribution in [2.75, 3.05) is 55.8 Å². The van der Waals surface area contributed by atoms with Crippen LogP contribution in [0, 0.1) is 0 Å². The van der Waals surface area contributed by atoms with E-state index in [-0.39, 0.29) is 53.7 Å². The molecule has 8 N–H and O–H groups in total. The van der Waals surface area contributed by atoms with Crippen LogP contribution in [-0.2, 0) is 14.9 Å². The Kier molecular flexibility index (Phi) is 10.9. The minimum Gasteiger partial charge on any atom is -0.397 e. The number of fused-ring (bicyclic) bond motifs is 2. The molecule has 0 atom stereocenters. The number of aliphatic hydroxyl groups is 3. The van der Waals surface area contributed by atoms with E-state index in [9.17, 15) is 27.4 Å². The molecule has 0 radical (unpaired) electrons. The van der Waals surface area contributed by atoms with Crippen LogP contribution < -0.4 is 16.4 Å². The zero-order valence-electron chi connectivity index (χ0n) is 22.7. The quantitative estimate of drug-likeness (QED) is 0.101. The van der Waals surface area contributed by atoms with Gasteiger partial charge in [0.25, 0.3) is 10.1 Å². The van der Waals surface area contributed by atoms with Gasteiger partial charge in [-0.05, 0) is 30.3 Å². The number of anilines is 4. The van der Waals surface area contributed by atoms with E-state index in [0.29, 0.717) is 31.0 Å². The third-order valence-electron chi connectivity index (χ3n) is 6.21. The van der Waals surface area contributed by atoms with Crippen molar-refractivity contribution in [3.63, 3.8) is 0 Å². The lowest BCUT2D eigenvalue weighted by Crippen LogP contribution is -2.32. The Hall–Kier alpha value is -4.18. The molecule has 0 saturated carbocycles. The molecule has 224 valence electrons. The number of amides is 1. The average molecular weight is 601 g/mol. The van der Waals surface area contributed by atoms with Crippen molar-refractivity contribution >= 4 is 50.3 Å². The van der Waals surface area contributed by atoms with Gasteiger partial charge >= 0.3 is 0 Å². The van der Waals surface area contributed by atoms with Crippen LogP contribution in [0.15, 0.2) is 59.5 Å². The standard InChI is InChI=1S/C22H17N3O6S.C6H15NO3/c1-11(26)24-12-6-8-13(9-7-12)25-16-10-17(32(29,30)31)20(23)19-18(16)21(27)14-4-2-3-5-15(14)22(19)28;8-4-1-7(2-5-9)3-6-10/h2-10,25H,23H2,1H3,(H,24,26)(H,29,30,31);8-10H,1-6H2. The molecule has 0 heterocycles. The molecule has 0 aliphatic heterocycles. The summed E-state index contributed by atoms with van der Waals surface area (Å²) in [5.74, 6) is -1.39. The van der Waals surface area contributed by atoms with Crippen LogP contribution in [0.3, 0.4) is 0 Å². The molecule has 0 aromatic heterocycles. The smallest absolute Gasteiger partial charge is 0.296 e. The van der Waals surface area contributed by atoms with Crippen molar-refractivity contribution in [2.24, 2.45) is 0 Å². The van der Waals surface area contributed by atoms with Crippen molar-refractivity contribution < 1.29 is 42.7 Å². The minimum atomic E-state index is -4.80. The molecule has 3 aromatic carbocycles. The highest BCUT2D eigenvalue weighted by Crippen LogP contribution is 2.40. The number of nitrogens with one attached hydrogen (secondary N) is 2. The molecule has 42 heavy (non-hydrogen) atoms. The second kappa shape index (κ2) is 14.1. The van der Waals surface area contributed by atoms with E-state index in [2.05, 4.69) is 10.6 Å². The fourth-order valence-electron chi connectivity index (χ4n) is 4.36. The number of carbonyl (C=O) groups excluding carboxylic acids is 3. The fraction of sp³-hybridized carbons (Fsp3) is 0.250. The highest BCUT2D eigenvalue weighted by Gasteiger charge is 2.36. The molecule has 4 rings (SSSR count). The summed E-state index contributed by atoms with van der Waals surface area (Å²) in [6, 6.07) is 13.5. The van der Waals surface area contributed by atoms with E-state index in [1.807, 2.05) is 0 Å². The van der Waals surface area contributed by atoms with E-state index in [0.717, 1.165) is 6.07 Å². The van der Waals surface area contributed by atoms with Gasteiger partial charge in [-0.2, -0.15) is 8.42 Å². The molecule has 0 fully saturated rings. The van der Waals surface area contributed by atoms with E-state index < -0.39 is 32.3 Å². The maximum absolute atomic E-state index is 13.2. The molecule has 13 nitrogen and oxygen atoms in total. The first-order chi connectivity index (χ1) is 19.9. The van der Waals surface area contributed by atoms with Crippen LogP contribution >= 0.6 is 0 Å². The monoisotopic (exact) mass is 600 g/mol. The summed E-state index contributed by atoms with van der Waals surface area (Å²) in [6.07, 6.45) is 0. The maximum Gasteiger partial charge on any atom is 0.296 e. The van der Waals surface area contributed by atoms with Gasteiger partial charge in [0.1, 0.15) is 4.90 Å². The summed E-state index contributed by atoms with van der Waals surface area (Å²) >= 11 is 0. The summed E-state index contributed by atoms with van der Waals surface area (Å²) in [7, 11) is -4.80. The number of aliphatic hydroxyl groups excluding tert-OH is 3. The molecule has 0 saturated heterocycles. The molecular formula is C28H32N4O9S. The van der Waals surface area contributed by atoms with E-state index in [1.165, 1.54) is 19.1 Å². The van der Waals surface area contributed by atoms with Gasteiger partial charge in [0.15, 0.2) is 11.6 Å². The highest BCUT2D eigenvalue weighted by molar-refractivity contribution is 7.86. The Labute approximate surface area is 242 Å². The summed E-state index contributed by atoms with van der Waals surface area (Å²) in [5, 5.41) is 31.0. The lowest BCUT2D eigenvalue weighted by atomic mass is 9.82. The van der Waals surface area contributed by atoms with Crippen LogP contribution in [0.2, 0.25) is 0 Å². The third kappa shape index (κ3) is 7.55. The lowest BCUT2D eigenvalue weighted by Gasteiger charge is -2.23. The van der Waals surface area contributed by atoms with Crippen LogP contribution in [0.1, 0.15) is 38.8 Å². The third-order valence-corrected chi connectivity index (χ3v) is 7.10. The van der Waals surface area contributed by atoms with Crippen molar-refractivity contribution in [1.82, 2.24) is 4.90 Å². The number of rotatable bonds is 10. The van der Waals surface area contributed by atoms with E-state index >= 15 is 0 Å². The molecule has 1 aliphatic carbocycles. The van der Waals surface area contributed by atoms with Crippen molar-refractivity contribution in [1.29, 1.82) is 0 Å². The Balaban J connectivity index is 0.000000416. The summed E-state index contributed by atoms with van der Waals surface area (Å²) in [6.45, 7) is 3.12. The van der Waals surface area contributed by atoms with Gasteiger partial charge in [-0.25, -0.2) is 0 Å². The first kappa shape index (κ1) is 32.3. The molecule has 14 heteroatoms. The number of hydrogen-bond donors (Lipinski definition) is 7. The summed E-state index contributed by atoms with van der Waals surface area (Å²) in [5.41, 5.74) is 6.27.